The molecule has 1 aromatic carbocycles. The van der Waals surface area contributed by atoms with Gasteiger partial charge in [-0.1, -0.05) is 60.1 Å². The molecule has 0 heterocycles. The molecule has 0 saturated carbocycles. The van der Waals surface area contributed by atoms with Gasteiger partial charge in [0.1, 0.15) is 0 Å². The van der Waals surface area contributed by atoms with Crippen molar-refractivity contribution in [2.45, 2.75) is 85.0 Å². The van der Waals surface area contributed by atoms with Crippen molar-refractivity contribution in [2.75, 3.05) is 6.54 Å². The van der Waals surface area contributed by atoms with Gasteiger partial charge >= 0.3 is 0 Å². The highest BCUT2D eigenvalue weighted by atomic mass is 14.6. The largest absolute Gasteiger partial charge is 0.402 e. The van der Waals surface area contributed by atoms with Crippen molar-refractivity contribution in [3.63, 3.8) is 0 Å². The average Bonchev–Trinajstić information content (AvgIpc) is 2.50. The Hall–Kier alpha value is -1.28. The highest BCUT2D eigenvalue weighted by Gasteiger charge is 2.16. The van der Waals surface area contributed by atoms with Crippen molar-refractivity contribution >= 4 is 6.08 Å². The van der Waals surface area contributed by atoms with Gasteiger partial charge in [-0.25, -0.2) is 0 Å². The van der Waals surface area contributed by atoms with E-state index in [-0.39, 0.29) is 0 Å². The number of benzene rings is 1. The monoisotopic (exact) mass is 330 g/mol. The molecule has 1 aromatic rings. The lowest BCUT2D eigenvalue weighted by atomic mass is 9.84. The van der Waals surface area contributed by atoms with Gasteiger partial charge in [-0.2, -0.15) is 0 Å². The lowest BCUT2D eigenvalue weighted by Crippen LogP contribution is -2.06. The van der Waals surface area contributed by atoms with Crippen molar-refractivity contribution in [1.29, 1.82) is 0 Å². The molecule has 0 radical (unpaired) electrons. The summed E-state index contributed by atoms with van der Waals surface area (Å²) in [6.45, 7) is 14.4. The standard InChI is InChI=1S/C22H38N2/c1-15(2)18-12-20(16(3)4)22(21(13-18)17(5)6)14-19(24)10-8-7-9-11-23/h12-17H,7-11,23-24H2,1-6H3. The molecule has 136 valence electrons. The molecule has 0 aliphatic heterocycles. The van der Waals surface area contributed by atoms with E-state index in [1.807, 2.05) is 0 Å². The van der Waals surface area contributed by atoms with E-state index in [2.05, 4.69) is 59.8 Å². The van der Waals surface area contributed by atoms with Crippen LogP contribution in [0, 0.1) is 0 Å². The van der Waals surface area contributed by atoms with Crippen LogP contribution in [-0.4, -0.2) is 6.54 Å². The molecule has 0 atom stereocenters. The summed E-state index contributed by atoms with van der Waals surface area (Å²) in [6.07, 6.45) is 6.56. The third kappa shape index (κ3) is 5.98. The van der Waals surface area contributed by atoms with Crippen molar-refractivity contribution < 1.29 is 0 Å². The Kier molecular flexibility index (Phi) is 8.55. The lowest BCUT2D eigenvalue weighted by Gasteiger charge is -2.21. The van der Waals surface area contributed by atoms with Gasteiger partial charge in [0.15, 0.2) is 0 Å². The Morgan fingerprint density at radius 1 is 0.875 bits per heavy atom. The minimum Gasteiger partial charge on any atom is -0.402 e. The summed E-state index contributed by atoms with van der Waals surface area (Å²) in [6, 6.07) is 4.77. The molecule has 0 spiro atoms. The molecule has 0 saturated heterocycles. The fourth-order valence-electron chi connectivity index (χ4n) is 3.09. The Bertz CT molecular complexity index is 510. The van der Waals surface area contributed by atoms with Gasteiger partial charge in [0, 0.05) is 5.70 Å². The summed E-state index contributed by atoms with van der Waals surface area (Å²) in [7, 11) is 0. The number of hydrogen-bond donors (Lipinski definition) is 2. The minimum atomic E-state index is 0.498. The van der Waals surface area contributed by atoms with Gasteiger partial charge < -0.3 is 11.5 Å². The van der Waals surface area contributed by atoms with E-state index < -0.39 is 0 Å². The van der Waals surface area contributed by atoms with Crippen LogP contribution in [0.2, 0.25) is 0 Å². The molecule has 2 heteroatoms. The van der Waals surface area contributed by atoms with Gasteiger partial charge in [0.25, 0.3) is 0 Å². The highest BCUT2D eigenvalue weighted by molar-refractivity contribution is 5.63. The second-order valence-corrected chi connectivity index (χ2v) is 7.90. The molecule has 2 nitrogen and oxygen atoms in total. The van der Waals surface area contributed by atoms with E-state index in [0.717, 1.165) is 37.9 Å². The van der Waals surface area contributed by atoms with E-state index in [1.54, 1.807) is 0 Å². The number of hydrogen-bond acceptors (Lipinski definition) is 2. The molecule has 24 heavy (non-hydrogen) atoms. The molecule has 0 unspecified atom stereocenters. The maximum atomic E-state index is 6.35. The van der Waals surface area contributed by atoms with Crippen LogP contribution in [0.5, 0.6) is 0 Å². The van der Waals surface area contributed by atoms with Crippen LogP contribution in [0.25, 0.3) is 6.08 Å². The normalized spacial score (nSPS) is 12.7. The van der Waals surface area contributed by atoms with Gasteiger partial charge in [-0.05, 0) is 71.9 Å². The van der Waals surface area contributed by atoms with E-state index in [0.29, 0.717) is 17.8 Å². The Morgan fingerprint density at radius 3 is 1.83 bits per heavy atom. The lowest BCUT2D eigenvalue weighted by molar-refractivity contribution is 0.682. The third-order valence-corrected chi connectivity index (χ3v) is 4.68. The maximum absolute atomic E-state index is 6.35. The molecule has 4 N–H and O–H groups in total. The zero-order valence-electron chi connectivity index (χ0n) is 16.7. The van der Waals surface area contributed by atoms with Crippen molar-refractivity contribution in [3.05, 3.63) is 40.1 Å². The number of nitrogens with two attached hydrogens (primary N) is 2. The number of rotatable bonds is 9. The summed E-state index contributed by atoms with van der Waals surface area (Å²) < 4.78 is 0. The predicted octanol–water partition coefficient (Wildman–Crippen LogP) is 5.88. The first kappa shape index (κ1) is 20.8. The van der Waals surface area contributed by atoms with Crippen molar-refractivity contribution in [3.8, 4) is 0 Å². The topological polar surface area (TPSA) is 52.0 Å². The average molecular weight is 331 g/mol. The quantitative estimate of drug-likeness (QED) is 0.556. The second kappa shape index (κ2) is 9.88. The first-order valence-electron chi connectivity index (χ1n) is 9.61. The fourth-order valence-corrected chi connectivity index (χ4v) is 3.09. The second-order valence-electron chi connectivity index (χ2n) is 7.90. The number of allylic oxidation sites excluding steroid dienone is 1. The van der Waals surface area contributed by atoms with E-state index >= 15 is 0 Å². The number of unbranched alkanes of at least 4 members (excludes halogenated alkanes) is 2. The zero-order valence-corrected chi connectivity index (χ0v) is 16.7. The van der Waals surface area contributed by atoms with Crippen LogP contribution in [0.3, 0.4) is 0 Å². The van der Waals surface area contributed by atoms with Crippen LogP contribution in [-0.2, 0) is 0 Å². The van der Waals surface area contributed by atoms with Crippen LogP contribution in [0.1, 0.15) is 107 Å². The van der Waals surface area contributed by atoms with Crippen molar-refractivity contribution in [1.82, 2.24) is 0 Å². The van der Waals surface area contributed by atoms with Crippen molar-refractivity contribution in [2.24, 2.45) is 11.5 Å². The zero-order chi connectivity index (χ0) is 18.3. The summed E-state index contributed by atoms with van der Waals surface area (Å²) in [4.78, 5) is 0. The fraction of sp³-hybridized carbons (Fsp3) is 0.636. The summed E-state index contributed by atoms with van der Waals surface area (Å²) in [5.74, 6) is 1.54. The predicted molar refractivity (Wildman–Crippen MR) is 108 cm³/mol. The van der Waals surface area contributed by atoms with Gasteiger partial charge in [0.05, 0.1) is 0 Å². The molecular formula is C22H38N2. The molecule has 1 rings (SSSR count). The van der Waals surface area contributed by atoms with E-state index in [4.69, 9.17) is 11.5 Å². The van der Waals surface area contributed by atoms with Crippen LogP contribution >= 0.6 is 0 Å². The maximum Gasteiger partial charge on any atom is 0.00866 e. The SMILES string of the molecule is CC(C)c1cc(C(C)C)c(C=C(N)CCCCCN)c(C(C)C)c1. The summed E-state index contributed by atoms with van der Waals surface area (Å²) in [5, 5.41) is 0. The Morgan fingerprint density at radius 2 is 1.42 bits per heavy atom. The summed E-state index contributed by atoms with van der Waals surface area (Å²) in [5.41, 5.74) is 18.5. The molecule has 0 aliphatic carbocycles. The van der Waals surface area contributed by atoms with E-state index in [9.17, 15) is 0 Å². The van der Waals surface area contributed by atoms with E-state index in [1.165, 1.54) is 22.3 Å². The molecule has 0 bridgehead atoms. The molecule has 0 amide bonds. The highest BCUT2D eigenvalue weighted by Crippen LogP contribution is 2.33. The molecule has 0 fully saturated rings. The Labute approximate surface area is 149 Å². The van der Waals surface area contributed by atoms with Gasteiger partial charge in [0.2, 0.25) is 0 Å². The van der Waals surface area contributed by atoms with Crippen LogP contribution in [0.15, 0.2) is 17.8 Å². The molecule has 0 aromatic heterocycles. The summed E-state index contributed by atoms with van der Waals surface area (Å²) >= 11 is 0. The first-order valence-corrected chi connectivity index (χ1v) is 9.61. The third-order valence-electron chi connectivity index (χ3n) is 4.68. The Balaban J connectivity index is 3.23. The first-order chi connectivity index (χ1) is 11.3. The van der Waals surface area contributed by atoms with Crippen LogP contribution in [0.4, 0.5) is 0 Å². The smallest absolute Gasteiger partial charge is 0.00866 e. The molecule has 0 aliphatic rings. The van der Waals surface area contributed by atoms with Gasteiger partial charge in [-0.15, -0.1) is 0 Å². The minimum absolute atomic E-state index is 0.498. The van der Waals surface area contributed by atoms with Crippen LogP contribution < -0.4 is 11.5 Å². The molecular weight excluding hydrogens is 292 g/mol. The van der Waals surface area contributed by atoms with Gasteiger partial charge in [-0.3, -0.25) is 0 Å².